The number of thioether (sulfide) groups is 2. The van der Waals surface area contributed by atoms with E-state index in [1.54, 1.807) is 11.8 Å². The number of nitrogens with two attached hydrogens (primary N) is 1. The summed E-state index contributed by atoms with van der Waals surface area (Å²) in [5.41, 5.74) is 8.61. The Morgan fingerprint density at radius 1 is 1.44 bits per heavy atom. The van der Waals surface area contributed by atoms with E-state index in [-0.39, 0.29) is 0 Å². The molecular weight excluding hydrogens is 260 g/mol. The summed E-state index contributed by atoms with van der Waals surface area (Å²) in [6.07, 6.45) is 2.12. The fourth-order valence-corrected chi connectivity index (χ4v) is 4.24. The molecule has 1 aliphatic heterocycles. The lowest BCUT2D eigenvalue weighted by Gasteiger charge is -2.40. The Bertz CT molecular complexity index is 409. The summed E-state index contributed by atoms with van der Waals surface area (Å²) < 4.78 is 0. The first-order valence-electron chi connectivity index (χ1n) is 6.43. The molecule has 0 aliphatic carbocycles. The Kier molecular flexibility index (Phi) is 4.87. The maximum atomic E-state index is 5.97. The number of nitrogens with zero attached hydrogens (tertiary/aromatic N) is 1. The zero-order chi connectivity index (χ0) is 13.1. The van der Waals surface area contributed by atoms with Gasteiger partial charge in [-0.1, -0.05) is 13.0 Å². The van der Waals surface area contributed by atoms with E-state index < -0.39 is 0 Å². The van der Waals surface area contributed by atoms with Crippen molar-refractivity contribution in [2.45, 2.75) is 36.6 Å². The van der Waals surface area contributed by atoms with Gasteiger partial charge in [-0.15, -0.1) is 11.8 Å². The molecule has 0 bridgehead atoms. The summed E-state index contributed by atoms with van der Waals surface area (Å²) in [5, 5.41) is 0.683. The van der Waals surface area contributed by atoms with E-state index >= 15 is 0 Å². The first kappa shape index (κ1) is 14.1. The van der Waals surface area contributed by atoms with Crippen LogP contribution in [0.2, 0.25) is 0 Å². The van der Waals surface area contributed by atoms with Crippen LogP contribution in [0.1, 0.15) is 19.4 Å². The van der Waals surface area contributed by atoms with Gasteiger partial charge < -0.3 is 10.6 Å². The summed E-state index contributed by atoms with van der Waals surface area (Å²) in [7, 11) is 0. The largest absolute Gasteiger partial charge is 0.367 e. The summed E-state index contributed by atoms with van der Waals surface area (Å²) in [6, 6.07) is 7.12. The van der Waals surface area contributed by atoms with E-state index in [1.165, 1.54) is 21.9 Å². The molecule has 0 radical (unpaired) electrons. The van der Waals surface area contributed by atoms with Gasteiger partial charge in [0, 0.05) is 46.3 Å². The van der Waals surface area contributed by atoms with Gasteiger partial charge in [-0.25, -0.2) is 0 Å². The number of hydrogen-bond acceptors (Lipinski definition) is 4. The molecule has 1 aliphatic rings. The van der Waals surface area contributed by atoms with E-state index in [2.05, 4.69) is 55.0 Å². The summed E-state index contributed by atoms with van der Waals surface area (Å²) >= 11 is 3.86. The highest BCUT2D eigenvalue weighted by Crippen LogP contribution is 2.34. The third-order valence-electron chi connectivity index (χ3n) is 3.73. The van der Waals surface area contributed by atoms with E-state index in [0.29, 0.717) is 17.8 Å². The van der Waals surface area contributed by atoms with Gasteiger partial charge >= 0.3 is 0 Å². The predicted molar refractivity (Wildman–Crippen MR) is 84.8 cm³/mol. The maximum absolute atomic E-state index is 5.97. The predicted octanol–water partition coefficient (Wildman–Crippen LogP) is 3.20. The second-order valence-corrected chi connectivity index (χ2v) is 7.01. The van der Waals surface area contributed by atoms with Crippen molar-refractivity contribution < 1.29 is 0 Å². The van der Waals surface area contributed by atoms with Gasteiger partial charge in [-0.3, -0.25) is 0 Å². The average molecular weight is 282 g/mol. The van der Waals surface area contributed by atoms with Crippen LogP contribution in [0.4, 0.5) is 5.69 Å². The molecule has 1 aromatic rings. The van der Waals surface area contributed by atoms with Crippen LogP contribution >= 0.6 is 23.5 Å². The van der Waals surface area contributed by atoms with Crippen molar-refractivity contribution in [3.8, 4) is 0 Å². The van der Waals surface area contributed by atoms with E-state index in [4.69, 9.17) is 5.73 Å². The minimum Gasteiger partial charge on any atom is -0.367 e. The van der Waals surface area contributed by atoms with E-state index in [1.807, 2.05) is 0 Å². The molecule has 2 atom stereocenters. The molecule has 1 aromatic carbocycles. The minimum atomic E-state index is 0.575. The van der Waals surface area contributed by atoms with Crippen LogP contribution < -0.4 is 10.6 Å². The first-order valence-corrected chi connectivity index (χ1v) is 8.70. The Morgan fingerprint density at radius 2 is 2.22 bits per heavy atom. The lowest BCUT2D eigenvalue weighted by atomic mass is 10.1. The van der Waals surface area contributed by atoms with Crippen molar-refractivity contribution in [2.75, 3.05) is 23.5 Å². The normalized spacial score (nSPS) is 24.3. The Labute approximate surface area is 119 Å². The van der Waals surface area contributed by atoms with Crippen LogP contribution in [0.5, 0.6) is 0 Å². The monoisotopic (exact) mass is 282 g/mol. The standard InChI is InChI=1S/C14H22N2S2/c1-10-11(2)18-8-7-16(10)13-5-4-6-14(17-3)12(13)9-15/h4-6,10-11H,7-9,15H2,1-3H3. The van der Waals surface area contributed by atoms with Crippen LogP contribution in [0.15, 0.2) is 23.1 Å². The highest BCUT2D eigenvalue weighted by molar-refractivity contribution is 8.00. The molecule has 2 N–H and O–H groups in total. The van der Waals surface area contributed by atoms with Gasteiger partial charge in [-0.2, -0.15) is 11.8 Å². The summed E-state index contributed by atoms with van der Waals surface area (Å²) in [6.45, 7) is 6.39. The third-order valence-corrected chi connectivity index (χ3v) is 5.89. The first-order chi connectivity index (χ1) is 8.69. The average Bonchev–Trinajstić information content (AvgIpc) is 2.41. The van der Waals surface area contributed by atoms with Gasteiger partial charge in [0.15, 0.2) is 0 Å². The molecule has 1 fully saturated rings. The smallest absolute Gasteiger partial charge is 0.0426 e. The zero-order valence-corrected chi connectivity index (χ0v) is 13.0. The second-order valence-electron chi connectivity index (χ2n) is 4.67. The Hall–Kier alpha value is -0.320. The van der Waals surface area contributed by atoms with Crippen LogP contribution in [0.3, 0.4) is 0 Å². The topological polar surface area (TPSA) is 29.3 Å². The van der Waals surface area contributed by atoms with Crippen LogP contribution in [-0.2, 0) is 6.54 Å². The fraction of sp³-hybridized carbons (Fsp3) is 0.571. The number of benzene rings is 1. The number of hydrogen-bond donors (Lipinski definition) is 1. The summed E-state index contributed by atoms with van der Waals surface area (Å²) in [4.78, 5) is 3.84. The van der Waals surface area contributed by atoms with Crippen molar-refractivity contribution in [1.29, 1.82) is 0 Å². The molecule has 0 aromatic heterocycles. The lowest BCUT2D eigenvalue weighted by Crippen LogP contribution is -2.45. The zero-order valence-electron chi connectivity index (χ0n) is 11.3. The van der Waals surface area contributed by atoms with Gasteiger partial charge in [0.05, 0.1) is 0 Å². The summed E-state index contributed by atoms with van der Waals surface area (Å²) in [5.74, 6) is 1.21. The molecule has 0 amide bonds. The van der Waals surface area contributed by atoms with Gasteiger partial charge in [0.1, 0.15) is 0 Å². The van der Waals surface area contributed by atoms with Crippen LogP contribution in [-0.4, -0.2) is 29.8 Å². The molecule has 18 heavy (non-hydrogen) atoms. The van der Waals surface area contributed by atoms with E-state index in [9.17, 15) is 0 Å². The number of anilines is 1. The van der Waals surface area contributed by atoms with Gasteiger partial charge in [-0.05, 0) is 25.3 Å². The highest BCUT2D eigenvalue weighted by Gasteiger charge is 2.27. The van der Waals surface area contributed by atoms with Crippen molar-refractivity contribution in [3.05, 3.63) is 23.8 Å². The third kappa shape index (κ3) is 2.65. The van der Waals surface area contributed by atoms with Crippen LogP contribution in [0.25, 0.3) is 0 Å². The molecule has 0 saturated carbocycles. The van der Waals surface area contributed by atoms with Crippen molar-refractivity contribution in [1.82, 2.24) is 0 Å². The maximum Gasteiger partial charge on any atom is 0.0426 e. The fourth-order valence-electron chi connectivity index (χ4n) is 2.49. The van der Waals surface area contributed by atoms with E-state index in [0.717, 1.165) is 6.54 Å². The Balaban J connectivity index is 2.37. The molecule has 0 spiro atoms. The van der Waals surface area contributed by atoms with Crippen molar-refractivity contribution in [2.24, 2.45) is 5.73 Å². The SMILES string of the molecule is CSc1cccc(N2CCSC(C)C2C)c1CN. The van der Waals surface area contributed by atoms with Crippen molar-refractivity contribution >= 4 is 29.2 Å². The molecule has 2 unspecified atom stereocenters. The van der Waals surface area contributed by atoms with Crippen LogP contribution in [0, 0.1) is 0 Å². The lowest BCUT2D eigenvalue weighted by molar-refractivity contribution is 0.624. The molecule has 100 valence electrons. The number of rotatable bonds is 3. The van der Waals surface area contributed by atoms with Gasteiger partial charge in [0.2, 0.25) is 0 Å². The molecular formula is C14H22N2S2. The van der Waals surface area contributed by atoms with Crippen molar-refractivity contribution in [3.63, 3.8) is 0 Å². The molecule has 4 heteroatoms. The molecule has 2 nitrogen and oxygen atoms in total. The van der Waals surface area contributed by atoms with Gasteiger partial charge in [0.25, 0.3) is 0 Å². The minimum absolute atomic E-state index is 0.575. The molecule has 2 rings (SSSR count). The second kappa shape index (κ2) is 6.22. The highest BCUT2D eigenvalue weighted by atomic mass is 32.2. The Morgan fingerprint density at radius 3 is 2.89 bits per heavy atom. The molecule has 1 heterocycles. The molecule has 1 saturated heterocycles. The quantitative estimate of drug-likeness (QED) is 0.862.